The van der Waals surface area contributed by atoms with E-state index in [9.17, 15) is 9.18 Å². The number of aryl methyl sites for hydroxylation is 1. The maximum absolute atomic E-state index is 14.0. The van der Waals surface area contributed by atoms with E-state index in [4.69, 9.17) is 4.74 Å². The van der Waals surface area contributed by atoms with Crippen molar-refractivity contribution in [3.63, 3.8) is 0 Å². The molecule has 0 aliphatic carbocycles. The first-order chi connectivity index (χ1) is 11.8. The van der Waals surface area contributed by atoms with Crippen LogP contribution in [0.4, 0.5) is 16.0 Å². The van der Waals surface area contributed by atoms with Gasteiger partial charge in [0.15, 0.2) is 17.5 Å². The molecule has 0 saturated carbocycles. The maximum Gasteiger partial charge on any atom is 0.327 e. The summed E-state index contributed by atoms with van der Waals surface area (Å²) in [7, 11) is 0. The molecule has 8 heteroatoms. The lowest BCUT2D eigenvalue weighted by Gasteiger charge is -2.21. The molecule has 0 bridgehead atoms. The predicted molar refractivity (Wildman–Crippen MR) is 90.9 cm³/mol. The molecule has 0 spiro atoms. The number of anilines is 2. The van der Waals surface area contributed by atoms with Crippen LogP contribution in [0.5, 0.6) is 0 Å². The number of aromatic nitrogens is 3. The van der Waals surface area contributed by atoms with E-state index in [2.05, 4.69) is 20.7 Å². The Morgan fingerprint density at radius 1 is 1.44 bits per heavy atom. The molecule has 134 valence electrons. The van der Waals surface area contributed by atoms with Gasteiger partial charge in [0.05, 0.1) is 17.8 Å². The third-order valence-corrected chi connectivity index (χ3v) is 4.16. The van der Waals surface area contributed by atoms with Gasteiger partial charge in [-0.3, -0.25) is 9.48 Å². The van der Waals surface area contributed by atoms with Crippen molar-refractivity contribution < 1.29 is 13.9 Å². The van der Waals surface area contributed by atoms with Gasteiger partial charge in [0.1, 0.15) is 6.54 Å². The van der Waals surface area contributed by atoms with Gasteiger partial charge in [-0.15, -0.1) is 0 Å². The third kappa shape index (κ3) is 3.34. The lowest BCUT2D eigenvalue weighted by atomic mass is 10.0. The van der Waals surface area contributed by atoms with E-state index in [1.807, 2.05) is 13.8 Å². The molecule has 1 aliphatic heterocycles. The summed E-state index contributed by atoms with van der Waals surface area (Å²) in [6.07, 6.45) is 0. The third-order valence-electron chi connectivity index (χ3n) is 4.16. The van der Waals surface area contributed by atoms with Crippen LogP contribution in [-0.2, 0) is 28.2 Å². The Labute approximate surface area is 145 Å². The lowest BCUT2D eigenvalue weighted by molar-refractivity contribution is -0.144. The minimum Gasteiger partial charge on any atom is -0.465 e. The van der Waals surface area contributed by atoms with Crippen LogP contribution in [-0.4, -0.2) is 27.3 Å². The molecule has 2 N–H and O–H groups in total. The Hall–Kier alpha value is -2.48. The molecule has 0 aromatic carbocycles. The van der Waals surface area contributed by atoms with Crippen LogP contribution >= 0.6 is 0 Å². The average Bonchev–Trinajstić information content (AvgIpc) is 3.03. The number of carbonyl (C=O) groups excluding carboxylic acids is 1. The maximum atomic E-state index is 14.0. The highest BCUT2D eigenvalue weighted by atomic mass is 19.1. The van der Waals surface area contributed by atoms with E-state index >= 15 is 0 Å². The zero-order chi connectivity index (χ0) is 18.2. The van der Waals surface area contributed by atoms with Crippen LogP contribution in [0.2, 0.25) is 0 Å². The highest BCUT2D eigenvalue weighted by Crippen LogP contribution is 2.36. The second-order valence-corrected chi connectivity index (χ2v) is 6.53. The van der Waals surface area contributed by atoms with Crippen molar-refractivity contribution in [1.29, 1.82) is 0 Å². The zero-order valence-corrected chi connectivity index (χ0v) is 14.8. The number of esters is 1. The van der Waals surface area contributed by atoms with E-state index in [1.54, 1.807) is 24.6 Å². The number of hydrogen-bond donors (Lipinski definition) is 2. The normalized spacial score (nSPS) is 15.1. The Kier molecular flexibility index (Phi) is 4.47. The van der Waals surface area contributed by atoms with E-state index in [-0.39, 0.29) is 23.9 Å². The first-order valence-electron chi connectivity index (χ1n) is 8.23. The summed E-state index contributed by atoms with van der Waals surface area (Å²) >= 11 is 0. The molecular formula is C17H22FN5O2. The number of nitrogens with one attached hydrogen (secondary N) is 2. The summed E-state index contributed by atoms with van der Waals surface area (Å²) in [6, 6.07) is 2.97. The summed E-state index contributed by atoms with van der Waals surface area (Å²) in [5.41, 5.74) is 2.13. The van der Waals surface area contributed by atoms with E-state index < -0.39 is 5.82 Å². The first kappa shape index (κ1) is 17.3. The number of carbonyl (C=O) groups is 1. The van der Waals surface area contributed by atoms with Gasteiger partial charge in [0.25, 0.3) is 0 Å². The fourth-order valence-corrected chi connectivity index (χ4v) is 3.04. The zero-order valence-electron chi connectivity index (χ0n) is 14.8. The molecule has 0 unspecified atom stereocenters. The Morgan fingerprint density at radius 3 is 2.92 bits per heavy atom. The monoisotopic (exact) mass is 347 g/mol. The molecule has 0 atom stereocenters. The van der Waals surface area contributed by atoms with Crippen LogP contribution in [0.1, 0.15) is 37.7 Å². The quantitative estimate of drug-likeness (QED) is 0.808. The fraction of sp³-hybridized carbons (Fsp3) is 0.471. The van der Waals surface area contributed by atoms with Crippen LogP contribution in [0.3, 0.4) is 0 Å². The van der Waals surface area contributed by atoms with E-state index in [0.717, 1.165) is 11.3 Å². The number of fused-ring (bicyclic) bond motifs is 1. The Balaban J connectivity index is 1.98. The van der Waals surface area contributed by atoms with Gasteiger partial charge in [-0.2, -0.15) is 5.10 Å². The molecule has 0 radical (unpaired) electrons. The Morgan fingerprint density at radius 2 is 2.20 bits per heavy atom. The number of nitrogens with zero attached hydrogens (tertiary/aromatic N) is 3. The minimum atomic E-state index is -0.454. The average molecular weight is 347 g/mol. The van der Waals surface area contributed by atoms with Gasteiger partial charge in [-0.05, 0) is 39.8 Å². The van der Waals surface area contributed by atoms with Gasteiger partial charge >= 0.3 is 5.97 Å². The molecular weight excluding hydrogens is 325 g/mol. The van der Waals surface area contributed by atoms with Crippen molar-refractivity contribution in [3.05, 3.63) is 34.9 Å². The molecule has 2 aromatic rings. The fourth-order valence-electron chi connectivity index (χ4n) is 3.04. The minimum absolute atomic E-state index is 0.00664. The first-order valence-corrected chi connectivity index (χ1v) is 8.23. The number of hydrogen-bond acceptors (Lipinski definition) is 6. The summed E-state index contributed by atoms with van der Waals surface area (Å²) in [5.74, 6) is -0.200. The van der Waals surface area contributed by atoms with Crippen molar-refractivity contribution in [2.45, 2.75) is 46.3 Å². The molecule has 0 saturated heterocycles. The van der Waals surface area contributed by atoms with E-state index in [1.165, 1.54) is 6.07 Å². The standard InChI is InChI=1S/C17H22FN5O2/c1-5-25-13(24)9-23-14-11(8-19-17(14,3)4)15(22-23)21-16-12(18)7-6-10(2)20-16/h6-7,19H,5,8-9H2,1-4H3,(H,20,21,22). The summed E-state index contributed by atoms with van der Waals surface area (Å²) in [5, 5.41) is 10.8. The summed E-state index contributed by atoms with van der Waals surface area (Å²) in [6.45, 7) is 8.46. The Bertz CT molecular complexity index is 816. The molecule has 3 heterocycles. The van der Waals surface area contributed by atoms with Crippen molar-refractivity contribution in [2.75, 3.05) is 11.9 Å². The van der Waals surface area contributed by atoms with Gasteiger partial charge in [0, 0.05) is 17.8 Å². The molecule has 0 fully saturated rings. The largest absolute Gasteiger partial charge is 0.465 e. The second kappa shape index (κ2) is 6.44. The highest BCUT2D eigenvalue weighted by Gasteiger charge is 2.37. The van der Waals surface area contributed by atoms with Crippen LogP contribution in [0.15, 0.2) is 12.1 Å². The number of rotatable bonds is 5. The van der Waals surface area contributed by atoms with Crippen LogP contribution in [0.25, 0.3) is 0 Å². The lowest BCUT2D eigenvalue weighted by Crippen LogP contribution is -2.33. The smallest absolute Gasteiger partial charge is 0.327 e. The topological polar surface area (TPSA) is 81.1 Å². The van der Waals surface area contributed by atoms with Crippen molar-refractivity contribution in [2.24, 2.45) is 0 Å². The van der Waals surface area contributed by atoms with Crippen molar-refractivity contribution >= 4 is 17.6 Å². The summed E-state index contributed by atoms with van der Waals surface area (Å²) < 4.78 is 20.7. The van der Waals surface area contributed by atoms with Gasteiger partial charge in [-0.1, -0.05) is 0 Å². The van der Waals surface area contributed by atoms with Crippen LogP contribution < -0.4 is 10.6 Å². The SMILES string of the molecule is CCOC(=O)Cn1nc(Nc2nc(C)ccc2F)c2c1C(C)(C)NC2. The van der Waals surface area contributed by atoms with Crippen LogP contribution in [0, 0.1) is 12.7 Å². The predicted octanol–water partition coefficient (Wildman–Crippen LogP) is 2.37. The van der Waals surface area contributed by atoms with Crippen molar-refractivity contribution in [1.82, 2.24) is 20.1 Å². The second-order valence-electron chi connectivity index (χ2n) is 6.53. The number of halogens is 1. The molecule has 7 nitrogen and oxygen atoms in total. The number of ether oxygens (including phenoxy) is 1. The van der Waals surface area contributed by atoms with E-state index in [0.29, 0.717) is 24.7 Å². The van der Waals surface area contributed by atoms with Gasteiger partial charge in [-0.25, -0.2) is 9.37 Å². The number of pyridine rings is 1. The van der Waals surface area contributed by atoms with Gasteiger partial charge in [0.2, 0.25) is 0 Å². The highest BCUT2D eigenvalue weighted by molar-refractivity contribution is 5.70. The molecule has 0 amide bonds. The van der Waals surface area contributed by atoms with Gasteiger partial charge < -0.3 is 15.4 Å². The molecule has 1 aliphatic rings. The molecule has 2 aromatic heterocycles. The summed E-state index contributed by atoms with van der Waals surface area (Å²) in [4.78, 5) is 16.1. The van der Waals surface area contributed by atoms with Crippen molar-refractivity contribution in [3.8, 4) is 0 Å². The molecule has 3 rings (SSSR count). The molecule has 25 heavy (non-hydrogen) atoms.